The highest BCUT2D eigenvalue weighted by atomic mass is 19.1. The zero-order valence-corrected chi connectivity index (χ0v) is 10.8. The van der Waals surface area contributed by atoms with Gasteiger partial charge in [0.05, 0.1) is 12.0 Å². The summed E-state index contributed by atoms with van der Waals surface area (Å²) in [4.78, 5) is 22.5. The van der Waals surface area contributed by atoms with Crippen LogP contribution >= 0.6 is 0 Å². The lowest BCUT2D eigenvalue weighted by Gasteiger charge is -2.07. The number of amides is 1. The van der Waals surface area contributed by atoms with Crippen molar-refractivity contribution in [2.45, 2.75) is 6.42 Å². The molecule has 0 heterocycles. The SMILES string of the molecule is O=C(O)Cc1cccc(NC(=O)c2cc(F)ccc2F)c1. The lowest BCUT2D eigenvalue weighted by Crippen LogP contribution is -2.14. The number of halogens is 2. The molecule has 4 nitrogen and oxygen atoms in total. The number of carbonyl (C=O) groups is 2. The number of anilines is 1. The van der Waals surface area contributed by atoms with Crippen LogP contribution < -0.4 is 5.32 Å². The predicted octanol–water partition coefficient (Wildman–Crippen LogP) is 2.84. The first-order valence-corrected chi connectivity index (χ1v) is 6.03. The Morgan fingerprint density at radius 1 is 1.10 bits per heavy atom. The number of carboxylic acid groups (broad SMARTS) is 1. The van der Waals surface area contributed by atoms with E-state index in [9.17, 15) is 18.4 Å². The van der Waals surface area contributed by atoms with Crippen molar-refractivity contribution in [2.24, 2.45) is 0 Å². The molecule has 108 valence electrons. The average Bonchev–Trinajstić information content (AvgIpc) is 2.41. The zero-order valence-electron chi connectivity index (χ0n) is 10.8. The predicted molar refractivity (Wildman–Crippen MR) is 72.1 cm³/mol. The zero-order chi connectivity index (χ0) is 15.4. The minimum absolute atomic E-state index is 0.196. The monoisotopic (exact) mass is 291 g/mol. The van der Waals surface area contributed by atoms with Gasteiger partial charge in [-0.2, -0.15) is 0 Å². The Labute approximate surface area is 119 Å². The van der Waals surface area contributed by atoms with Gasteiger partial charge in [-0.15, -0.1) is 0 Å². The average molecular weight is 291 g/mol. The van der Waals surface area contributed by atoms with Crippen LogP contribution in [0.3, 0.4) is 0 Å². The van der Waals surface area contributed by atoms with Crippen molar-refractivity contribution in [2.75, 3.05) is 5.32 Å². The third-order valence-corrected chi connectivity index (χ3v) is 2.71. The molecule has 0 unspecified atom stereocenters. The van der Waals surface area contributed by atoms with Gasteiger partial charge in [0.15, 0.2) is 0 Å². The molecule has 2 aromatic carbocycles. The van der Waals surface area contributed by atoms with Crippen LogP contribution in [0.15, 0.2) is 42.5 Å². The second-order valence-corrected chi connectivity index (χ2v) is 4.35. The molecule has 21 heavy (non-hydrogen) atoms. The van der Waals surface area contributed by atoms with Crippen molar-refractivity contribution in [3.63, 3.8) is 0 Å². The molecular formula is C15H11F2NO3. The van der Waals surface area contributed by atoms with Crippen molar-refractivity contribution in [1.29, 1.82) is 0 Å². The molecule has 0 aliphatic carbocycles. The number of carbonyl (C=O) groups excluding carboxylic acids is 1. The van der Waals surface area contributed by atoms with E-state index in [1.807, 2.05) is 0 Å². The van der Waals surface area contributed by atoms with E-state index in [-0.39, 0.29) is 6.42 Å². The summed E-state index contributed by atoms with van der Waals surface area (Å²) in [5.41, 5.74) is 0.376. The van der Waals surface area contributed by atoms with Crippen LogP contribution in [0.2, 0.25) is 0 Å². The molecule has 0 saturated carbocycles. The van der Waals surface area contributed by atoms with E-state index >= 15 is 0 Å². The largest absolute Gasteiger partial charge is 0.481 e. The maximum Gasteiger partial charge on any atom is 0.307 e. The van der Waals surface area contributed by atoms with Gasteiger partial charge in [-0.1, -0.05) is 12.1 Å². The first kappa shape index (κ1) is 14.6. The lowest BCUT2D eigenvalue weighted by atomic mass is 10.1. The second-order valence-electron chi connectivity index (χ2n) is 4.35. The van der Waals surface area contributed by atoms with Gasteiger partial charge in [0.1, 0.15) is 11.6 Å². The molecule has 0 bridgehead atoms. The maximum absolute atomic E-state index is 13.5. The Morgan fingerprint density at radius 2 is 1.86 bits per heavy atom. The Morgan fingerprint density at radius 3 is 2.57 bits per heavy atom. The van der Waals surface area contributed by atoms with E-state index in [2.05, 4.69) is 5.32 Å². The lowest BCUT2D eigenvalue weighted by molar-refractivity contribution is -0.136. The standard InChI is InChI=1S/C15H11F2NO3/c16-10-4-5-13(17)12(8-10)15(21)18-11-3-1-2-9(6-11)7-14(19)20/h1-6,8H,7H2,(H,18,21)(H,19,20). The van der Waals surface area contributed by atoms with Crippen molar-refractivity contribution >= 4 is 17.6 Å². The summed E-state index contributed by atoms with van der Waals surface area (Å²) in [6, 6.07) is 8.72. The third kappa shape index (κ3) is 3.85. The van der Waals surface area contributed by atoms with Crippen LogP contribution in [0, 0.1) is 11.6 Å². The maximum atomic E-state index is 13.5. The van der Waals surface area contributed by atoms with Gasteiger partial charge in [0, 0.05) is 5.69 Å². The van der Waals surface area contributed by atoms with Gasteiger partial charge in [0.25, 0.3) is 5.91 Å². The normalized spacial score (nSPS) is 10.2. The number of rotatable bonds is 4. The molecule has 2 aromatic rings. The second kappa shape index (κ2) is 6.13. The molecule has 0 aromatic heterocycles. The fourth-order valence-electron chi connectivity index (χ4n) is 1.80. The van der Waals surface area contributed by atoms with Crippen LogP contribution in [0.25, 0.3) is 0 Å². The summed E-state index contributed by atoms with van der Waals surface area (Å²) in [5.74, 6) is -3.37. The van der Waals surface area contributed by atoms with Crippen molar-refractivity contribution < 1.29 is 23.5 Å². The fourth-order valence-corrected chi connectivity index (χ4v) is 1.80. The molecule has 0 fully saturated rings. The summed E-state index contributed by atoms with van der Waals surface area (Å²) in [5, 5.41) is 11.1. The molecule has 0 atom stereocenters. The van der Waals surface area contributed by atoms with Gasteiger partial charge in [-0.25, -0.2) is 8.78 Å². The Kier molecular flexibility index (Phi) is 4.27. The smallest absolute Gasteiger partial charge is 0.307 e. The van der Waals surface area contributed by atoms with Gasteiger partial charge in [-0.05, 0) is 35.9 Å². The van der Waals surface area contributed by atoms with Crippen LogP contribution in [0.5, 0.6) is 0 Å². The highest BCUT2D eigenvalue weighted by molar-refractivity contribution is 6.04. The van der Waals surface area contributed by atoms with Crippen LogP contribution in [-0.4, -0.2) is 17.0 Å². The van der Waals surface area contributed by atoms with E-state index in [4.69, 9.17) is 5.11 Å². The molecule has 1 amide bonds. The fraction of sp³-hybridized carbons (Fsp3) is 0.0667. The van der Waals surface area contributed by atoms with Gasteiger partial charge < -0.3 is 10.4 Å². The van der Waals surface area contributed by atoms with Crippen molar-refractivity contribution in [3.05, 3.63) is 65.2 Å². The molecule has 0 spiro atoms. The molecule has 0 aliphatic rings. The Hall–Kier alpha value is -2.76. The highest BCUT2D eigenvalue weighted by Crippen LogP contribution is 2.15. The van der Waals surface area contributed by atoms with E-state index in [0.717, 1.165) is 18.2 Å². The van der Waals surface area contributed by atoms with Crippen LogP contribution in [0.4, 0.5) is 14.5 Å². The quantitative estimate of drug-likeness (QED) is 0.910. The van der Waals surface area contributed by atoms with Gasteiger partial charge in [-0.3, -0.25) is 9.59 Å². The Bertz CT molecular complexity index is 701. The van der Waals surface area contributed by atoms with Crippen LogP contribution in [-0.2, 0) is 11.2 Å². The molecule has 2 N–H and O–H groups in total. The van der Waals surface area contributed by atoms with Crippen molar-refractivity contribution in [3.8, 4) is 0 Å². The first-order valence-electron chi connectivity index (χ1n) is 6.03. The number of nitrogens with one attached hydrogen (secondary N) is 1. The summed E-state index contributed by atoms with van der Waals surface area (Å²) >= 11 is 0. The molecule has 0 saturated heterocycles. The molecule has 0 radical (unpaired) electrons. The molecule has 0 aliphatic heterocycles. The minimum Gasteiger partial charge on any atom is -0.481 e. The van der Waals surface area contributed by atoms with E-state index in [0.29, 0.717) is 11.3 Å². The summed E-state index contributed by atoms with van der Waals surface area (Å²) in [6.45, 7) is 0. The topological polar surface area (TPSA) is 66.4 Å². The number of hydrogen-bond donors (Lipinski definition) is 2. The van der Waals surface area contributed by atoms with E-state index in [1.54, 1.807) is 12.1 Å². The number of benzene rings is 2. The minimum atomic E-state index is -1.00. The highest BCUT2D eigenvalue weighted by Gasteiger charge is 2.13. The van der Waals surface area contributed by atoms with E-state index in [1.165, 1.54) is 12.1 Å². The van der Waals surface area contributed by atoms with Gasteiger partial charge in [0.2, 0.25) is 0 Å². The van der Waals surface area contributed by atoms with Gasteiger partial charge >= 0.3 is 5.97 Å². The third-order valence-electron chi connectivity index (χ3n) is 2.71. The molecular weight excluding hydrogens is 280 g/mol. The Balaban J connectivity index is 2.19. The first-order chi connectivity index (χ1) is 9.95. The molecule has 2 rings (SSSR count). The number of carboxylic acids is 1. The number of hydrogen-bond acceptors (Lipinski definition) is 2. The van der Waals surface area contributed by atoms with Crippen molar-refractivity contribution in [1.82, 2.24) is 0 Å². The summed E-state index contributed by atoms with van der Waals surface area (Å²) in [6.07, 6.45) is -0.196. The number of aliphatic carboxylic acids is 1. The van der Waals surface area contributed by atoms with E-state index < -0.39 is 29.1 Å². The van der Waals surface area contributed by atoms with Crippen LogP contribution in [0.1, 0.15) is 15.9 Å². The summed E-state index contributed by atoms with van der Waals surface area (Å²) < 4.78 is 26.5. The summed E-state index contributed by atoms with van der Waals surface area (Å²) in [7, 11) is 0. The molecule has 6 heteroatoms.